The second-order valence-corrected chi connectivity index (χ2v) is 3.83. The van der Waals surface area contributed by atoms with Gasteiger partial charge >= 0.3 is 0 Å². The second kappa shape index (κ2) is 3.67. The van der Waals surface area contributed by atoms with Crippen molar-refractivity contribution in [2.75, 3.05) is 0 Å². The molecule has 2 rings (SSSR count). The Kier molecular flexibility index (Phi) is 2.36. The molecule has 0 aromatic heterocycles. The highest BCUT2D eigenvalue weighted by atomic mass is 14.0. The molecule has 0 unspecified atom stereocenters. The molecule has 0 aliphatic rings. The molecule has 14 heavy (non-hydrogen) atoms. The molecule has 0 radical (unpaired) electrons. The fraction of sp³-hybridized carbons (Fsp3) is 0.143. The van der Waals surface area contributed by atoms with Gasteiger partial charge in [-0.15, -0.1) is 0 Å². The number of allylic oxidation sites excluding steroid dienone is 1. The van der Waals surface area contributed by atoms with E-state index in [9.17, 15) is 0 Å². The number of hydrogen-bond acceptors (Lipinski definition) is 0. The van der Waals surface area contributed by atoms with Crippen LogP contribution in [-0.4, -0.2) is 0 Å². The average Bonchev–Trinajstić information content (AvgIpc) is 2.17. The van der Waals surface area contributed by atoms with E-state index >= 15 is 0 Å². The predicted octanol–water partition coefficient (Wildman–Crippen LogP) is 4.26. The van der Waals surface area contributed by atoms with Gasteiger partial charge in [0.2, 0.25) is 0 Å². The largest absolute Gasteiger partial charge is 0.0758 e. The first kappa shape index (κ1) is 9.01. The van der Waals surface area contributed by atoms with Gasteiger partial charge in [-0.2, -0.15) is 0 Å². The third-order valence-corrected chi connectivity index (χ3v) is 2.23. The highest BCUT2D eigenvalue weighted by Gasteiger charge is 1.92. The minimum Gasteiger partial charge on any atom is -0.0758 e. The Labute approximate surface area is 84.9 Å². The zero-order chi connectivity index (χ0) is 9.97. The van der Waals surface area contributed by atoms with Gasteiger partial charge in [0.25, 0.3) is 0 Å². The lowest BCUT2D eigenvalue weighted by molar-refractivity contribution is 1.42. The van der Waals surface area contributed by atoms with Crippen LogP contribution in [0.2, 0.25) is 0 Å². The van der Waals surface area contributed by atoms with E-state index in [1.807, 2.05) is 0 Å². The zero-order valence-corrected chi connectivity index (χ0v) is 8.62. The van der Waals surface area contributed by atoms with Gasteiger partial charge in [-0.1, -0.05) is 48.0 Å². The summed E-state index contributed by atoms with van der Waals surface area (Å²) >= 11 is 0. The maximum Gasteiger partial charge on any atom is -0.0178 e. The van der Waals surface area contributed by atoms with Gasteiger partial charge in [0.05, 0.1) is 0 Å². The van der Waals surface area contributed by atoms with Crippen LogP contribution in [0.1, 0.15) is 19.4 Å². The van der Waals surface area contributed by atoms with Crippen molar-refractivity contribution in [2.45, 2.75) is 13.8 Å². The highest BCUT2D eigenvalue weighted by Crippen LogP contribution is 2.17. The van der Waals surface area contributed by atoms with Crippen LogP contribution in [0.3, 0.4) is 0 Å². The molecule has 0 saturated heterocycles. The molecule has 0 saturated carbocycles. The summed E-state index contributed by atoms with van der Waals surface area (Å²) < 4.78 is 0. The Hall–Kier alpha value is -1.56. The molecule has 70 valence electrons. The molecule has 0 spiro atoms. The summed E-state index contributed by atoms with van der Waals surface area (Å²) in [6.07, 6.45) is 2.20. The highest BCUT2D eigenvalue weighted by molar-refractivity contribution is 5.84. The smallest absolute Gasteiger partial charge is 0.0178 e. The lowest BCUT2D eigenvalue weighted by atomic mass is 10.1. The number of hydrogen-bond donors (Lipinski definition) is 0. The number of benzene rings is 2. The van der Waals surface area contributed by atoms with Crippen LogP contribution in [0.25, 0.3) is 16.8 Å². The molecule has 0 bridgehead atoms. The maximum absolute atomic E-state index is 2.22. The van der Waals surface area contributed by atoms with Crippen molar-refractivity contribution in [1.82, 2.24) is 0 Å². The SMILES string of the molecule is CC(C)=Cc1ccc2ccccc2c1. The molecule has 0 heteroatoms. The summed E-state index contributed by atoms with van der Waals surface area (Å²) in [6.45, 7) is 4.24. The first-order valence-corrected chi connectivity index (χ1v) is 4.89. The second-order valence-electron chi connectivity index (χ2n) is 3.83. The van der Waals surface area contributed by atoms with Gasteiger partial charge in [0.15, 0.2) is 0 Å². The monoisotopic (exact) mass is 182 g/mol. The predicted molar refractivity (Wildman–Crippen MR) is 63.3 cm³/mol. The summed E-state index contributed by atoms with van der Waals surface area (Å²) in [4.78, 5) is 0. The molecule has 0 N–H and O–H groups in total. The van der Waals surface area contributed by atoms with Gasteiger partial charge in [-0.3, -0.25) is 0 Å². The normalized spacial score (nSPS) is 10.1. The number of fused-ring (bicyclic) bond motifs is 1. The van der Waals surface area contributed by atoms with Crippen LogP contribution in [0, 0.1) is 0 Å². The van der Waals surface area contributed by atoms with Crippen molar-refractivity contribution in [3.63, 3.8) is 0 Å². The first-order chi connectivity index (χ1) is 6.75. The van der Waals surface area contributed by atoms with Crippen molar-refractivity contribution < 1.29 is 0 Å². The van der Waals surface area contributed by atoms with E-state index in [1.54, 1.807) is 0 Å². The van der Waals surface area contributed by atoms with Crippen LogP contribution < -0.4 is 0 Å². The Bertz CT molecular complexity index is 474. The molecular weight excluding hydrogens is 168 g/mol. The Morgan fingerprint density at radius 3 is 2.36 bits per heavy atom. The summed E-state index contributed by atoms with van der Waals surface area (Å²) in [5.41, 5.74) is 2.61. The molecule has 2 aromatic rings. The topological polar surface area (TPSA) is 0 Å². The fourth-order valence-electron chi connectivity index (χ4n) is 1.63. The quantitative estimate of drug-likeness (QED) is 0.618. The Morgan fingerprint density at radius 2 is 1.64 bits per heavy atom. The molecule has 0 atom stereocenters. The third-order valence-electron chi connectivity index (χ3n) is 2.23. The summed E-state index contributed by atoms with van der Waals surface area (Å²) in [7, 11) is 0. The van der Waals surface area contributed by atoms with Crippen molar-refractivity contribution >= 4 is 16.8 Å². The zero-order valence-electron chi connectivity index (χ0n) is 8.62. The standard InChI is InChI=1S/C14H14/c1-11(2)9-12-7-8-13-5-3-4-6-14(13)10-12/h3-10H,1-2H3. The minimum absolute atomic E-state index is 1.28. The van der Waals surface area contributed by atoms with Gasteiger partial charge in [-0.25, -0.2) is 0 Å². The van der Waals surface area contributed by atoms with E-state index in [4.69, 9.17) is 0 Å². The van der Waals surface area contributed by atoms with Gasteiger partial charge in [0, 0.05) is 0 Å². The van der Waals surface area contributed by atoms with E-state index in [0.29, 0.717) is 0 Å². The van der Waals surface area contributed by atoms with Gasteiger partial charge in [-0.05, 0) is 36.2 Å². The van der Waals surface area contributed by atoms with E-state index in [0.717, 1.165) is 0 Å². The van der Waals surface area contributed by atoms with E-state index in [-0.39, 0.29) is 0 Å². The van der Waals surface area contributed by atoms with Crippen molar-refractivity contribution in [2.24, 2.45) is 0 Å². The first-order valence-electron chi connectivity index (χ1n) is 4.89. The summed E-state index contributed by atoms with van der Waals surface area (Å²) in [5.74, 6) is 0. The third kappa shape index (κ3) is 1.85. The van der Waals surface area contributed by atoms with Crippen LogP contribution >= 0.6 is 0 Å². The maximum atomic E-state index is 2.22. The molecule has 0 aliphatic heterocycles. The molecule has 2 aromatic carbocycles. The van der Waals surface area contributed by atoms with E-state index < -0.39 is 0 Å². The molecule has 0 heterocycles. The Balaban J connectivity index is 2.57. The van der Waals surface area contributed by atoms with Crippen molar-refractivity contribution in [3.05, 3.63) is 53.6 Å². The molecule has 0 amide bonds. The Morgan fingerprint density at radius 1 is 0.929 bits per heavy atom. The summed E-state index contributed by atoms with van der Waals surface area (Å²) in [6, 6.07) is 15.0. The molecular formula is C14H14. The average molecular weight is 182 g/mol. The van der Waals surface area contributed by atoms with Gasteiger partial charge < -0.3 is 0 Å². The van der Waals surface area contributed by atoms with Crippen LogP contribution in [0.15, 0.2) is 48.0 Å². The van der Waals surface area contributed by atoms with Crippen LogP contribution in [0.4, 0.5) is 0 Å². The van der Waals surface area contributed by atoms with Crippen LogP contribution in [0.5, 0.6) is 0 Å². The molecule has 0 aliphatic carbocycles. The lowest BCUT2D eigenvalue weighted by Crippen LogP contribution is -1.75. The van der Waals surface area contributed by atoms with Crippen molar-refractivity contribution in [3.8, 4) is 0 Å². The van der Waals surface area contributed by atoms with E-state index in [2.05, 4.69) is 62.4 Å². The van der Waals surface area contributed by atoms with Crippen LogP contribution in [-0.2, 0) is 0 Å². The van der Waals surface area contributed by atoms with Gasteiger partial charge in [0.1, 0.15) is 0 Å². The fourth-order valence-corrected chi connectivity index (χ4v) is 1.63. The number of rotatable bonds is 1. The van der Waals surface area contributed by atoms with E-state index in [1.165, 1.54) is 21.9 Å². The minimum atomic E-state index is 1.28. The van der Waals surface area contributed by atoms with Crippen molar-refractivity contribution in [1.29, 1.82) is 0 Å². The summed E-state index contributed by atoms with van der Waals surface area (Å²) in [5, 5.41) is 2.61. The lowest BCUT2D eigenvalue weighted by Gasteiger charge is -1.99. The molecule has 0 nitrogen and oxygen atoms in total. The molecule has 0 fully saturated rings.